The number of carbonyl (C=O) groups excluding carboxylic acids is 2. The Bertz CT molecular complexity index is 844. The Balaban J connectivity index is 1.65. The van der Waals surface area contributed by atoms with Crippen molar-refractivity contribution in [3.63, 3.8) is 0 Å². The molecule has 0 unspecified atom stereocenters. The fraction of sp³-hybridized carbons (Fsp3) is 0.200. The minimum atomic E-state index is -0.730. The largest absolute Gasteiger partial charge is 0.338 e. The van der Waals surface area contributed by atoms with Gasteiger partial charge in [0.05, 0.1) is 0 Å². The first kappa shape index (κ1) is 17.8. The second kappa shape index (κ2) is 7.91. The van der Waals surface area contributed by atoms with Crippen LogP contribution in [0.25, 0.3) is 6.08 Å². The molecule has 4 nitrogen and oxygen atoms in total. The lowest BCUT2D eigenvalue weighted by molar-refractivity contribution is -0.128. The van der Waals surface area contributed by atoms with E-state index in [0.29, 0.717) is 18.7 Å². The molecule has 1 aliphatic rings. The maximum absolute atomic E-state index is 13.6. The predicted molar refractivity (Wildman–Crippen MR) is 95.1 cm³/mol. The lowest BCUT2D eigenvalue weighted by atomic mass is 10.1. The summed E-state index contributed by atoms with van der Waals surface area (Å²) in [5.41, 5.74) is 1.20. The quantitative estimate of drug-likeness (QED) is 0.830. The van der Waals surface area contributed by atoms with E-state index in [1.807, 2.05) is 6.07 Å². The number of rotatable bonds is 5. The van der Waals surface area contributed by atoms with Crippen molar-refractivity contribution >= 4 is 23.6 Å². The second-order valence-corrected chi connectivity index (χ2v) is 6.08. The van der Waals surface area contributed by atoms with E-state index >= 15 is 0 Å². The van der Waals surface area contributed by atoms with Gasteiger partial charge in [-0.2, -0.15) is 0 Å². The van der Waals surface area contributed by atoms with E-state index in [1.54, 1.807) is 23.1 Å². The smallest absolute Gasteiger partial charge is 0.248 e. The minimum absolute atomic E-state index is 0.134. The average molecular weight is 356 g/mol. The molecule has 1 aliphatic heterocycles. The number of benzene rings is 2. The zero-order chi connectivity index (χ0) is 18.5. The Kier molecular flexibility index (Phi) is 5.41. The molecule has 26 heavy (non-hydrogen) atoms. The molecular formula is C20H18F2N2O2. The zero-order valence-electron chi connectivity index (χ0n) is 14.0. The number of nitrogens with one attached hydrogen (secondary N) is 1. The topological polar surface area (TPSA) is 49.4 Å². The van der Waals surface area contributed by atoms with Gasteiger partial charge in [0.1, 0.15) is 11.6 Å². The van der Waals surface area contributed by atoms with Crippen LogP contribution in [-0.4, -0.2) is 23.3 Å². The molecule has 134 valence electrons. The van der Waals surface area contributed by atoms with Crippen LogP contribution in [0.15, 0.2) is 48.5 Å². The summed E-state index contributed by atoms with van der Waals surface area (Å²) in [5.74, 6) is -1.83. The number of hydrogen-bond donors (Lipinski definition) is 1. The summed E-state index contributed by atoms with van der Waals surface area (Å²) in [4.78, 5) is 25.5. The van der Waals surface area contributed by atoms with Gasteiger partial charge in [-0.05, 0) is 42.3 Å². The Morgan fingerprint density at radius 2 is 1.88 bits per heavy atom. The molecule has 6 heteroatoms. The molecule has 0 aliphatic carbocycles. The van der Waals surface area contributed by atoms with Crippen LogP contribution in [0.1, 0.15) is 24.0 Å². The highest BCUT2D eigenvalue weighted by Crippen LogP contribution is 2.18. The van der Waals surface area contributed by atoms with Gasteiger partial charge in [0.2, 0.25) is 11.8 Å². The number of likely N-dealkylation sites (tertiary alicyclic amines) is 1. The predicted octanol–water partition coefficient (Wildman–Crippen LogP) is 3.74. The Morgan fingerprint density at radius 1 is 1.15 bits per heavy atom. The van der Waals surface area contributed by atoms with Gasteiger partial charge in [0.15, 0.2) is 0 Å². The first-order valence-electron chi connectivity index (χ1n) is 8.33. The lowest BCUT2D eigenvalue weighted by Crippen LogP contribution is -2.23. The molecule has 2 aromatic carbocycles. The minimum Gasteiger partial charge on any atom is -0.338 e. The van der Waals surface area contributed by atoms with E-state index in [2.05, 4.69) is 5.32 Å². The Morgan fingerprint density at radius 3 is 2.58 bits per heavy atom. The van der Waals surface area contributed by atoms with Crippen molar-refractivity contribution in [2.24, 2.45) is 0 Å². The molecular weight excluding hydrogens is 338 g/mol. The van der Waals surface area contributed by atoms with Crippen LogP contribution >= 0.6 is 0 Å². The van der Waals surface area contributed by atoms with Crippen LogP contribution in [0.3, 0.4) is 0 Å². The molecule has 1 fully saturated rings. The number of hydrogen-bond acceptors (Lipinski definition) is 2. The molecule has 0 saturated carbocycles. The third kappa shape index (κ3) is 4.33. The van der Waals surface area contributed by atoms with E-state index in [0.717, 1.165) is 42.8 Å². The molecule has 1 saturated heterocycles. The summed E-state index contributed by atoms with van der Waals surface area (Å²) in [6.45, 7) is 1.24. The third-order valence-corrected chi connectivity index (χ3v) is 4.14. The fourth-order valence-corrected chi connectivity index (χ4v) is 2.85. The van der Waals surface area contributed by atoms with E-state index in [1.165, 1.54) is 6.07 Å². The van der Waals surface area contributed by atoms with Crippen LogP contribution < -0.4 is 5.32 Å². The van der Waals surface area contributed by atoms with Gasteiger partial charge in [-0.1, -0.05) is 18.2 Å². The third-order valence-electron chi connectivity index (χ3n) is 4.14. The second-order valence-electron chi connectivity index (χ2n) is 6.08. The van der Waals surface area contributed by atoms with Gasteiger partial charge < -0.3 is 10.2 Å². The standard InChI is InChI=1S/C20H18F2N2O2/c21-17-6-2-7-18(22)16(17)9-10-19(25)23-15-5-1-4-14(12-15)13-24-11-3-8-20(24)26/h1-2,4-7,9-10,12H,3,8,11,13H2,(H,23,25)/b10-9+. The zero-order valence-corrected chi connectivity index (χ0v) is 14.0. The number of anilines is 1. The summed E-state index contributed by atoms with van der Waals surface area (Å²) in [6, 6.07) is 10.7. The van der Waals surface area contributed by atoms with Gasteiger partial charge in [-0.3, -0.25) is 9.59 Å². The number of carbonyl (C=O) groups is 2. The highest BCUT2D eigenvalue weighted by Gasteiger charge is 2.19. The van der Waals surface area contributed by atoms with Crippen LogP contribution in [0.5, 0.6) is 0 Å². The lowest BCUT2D eigenvalue weighted by Gasteiger charge is -2.16. The Hall–Kier alpha value is -3.02. The molecule has 2 amide bonds. The van der Waals surface area contributed by atoms with Crippen molar-refractivity contribution < 1.29 is 18.4 Å². The van der Waals surface area contributed by atoms with Crippen LogP contribution in [0.2, 0.25) is 0 Å². The summed E-state index contributed by atoms with van der Waals surface area (Å²) in [7, 11) is 0. The van der Waals surface area contributed by atoms with Crippen LogP contribution in [0.4, 0.5) is 14.5 Å². The average Bonchev–Trinajstić information content (AvgIpc) is 2.99. The molecule has 0 aromatic heterocycles. The van der Waals surface area contributed by atoms with E-state index < -0.39 is 17.5 Å². The highest BCUT2D eigenvalue weighted by atomic mass is 19.1. The molecule has 2 aromatic rings. The number of nitrogens with zero attached hydrogens (tertiary/aromatic N) is 1. The van der Waals surface area contributed by atoms with E-state index in [9.17, 15) is 18.4 Å². The SMILES string of the molecule is O=C(/C=C/c1c(F)cccc1F)Nc1cccc(CN2CCCC2=O)c1. The van der Waals surface area contributed by atoms with Gasteiger partial charge in [0.25, 0.3) is 0 Å². The van der Waals surface area contributed by atoms with E-state index in [-0.39, 0.29) is 11.5 Å². The number of amides is 2. The first-order valence-corrected chi connectivity index (χ1v) is 8.33. The summed E-state index contributed by atoms with van der Waals surface area (Å²) < 4.78 is 27.1. The van der Waals surface area contributed by atoms with Crippen molar-refractivity contribution in [2.75, 3.05) is 11.9 Å². The van der Waals surface area contributed by atoms with Crippen molar-refractivity contribution in [1.29, 1.82) is 0 Å². The first-order chi connectivity index (χ1) is 12.5. The Labute approximate surface area is 150 Å². The summed E-state index contributed by atoms with van der Waals surface area (Å²) >= 11 is 0. The van der Waals surface area contributed by atoms with Crippen molar-refractivity contribution in [3.05, 3.63) is 71.3 Å². The highest BCUT2D eigenvalue weighted by molar-refractivity contribution is 6.02. The summed E-state index contributed by atoms with van der Waals surface area (Å²) in [5, 5.41) is 2.65. The van der Waals surface area contributed by atoms with Crippen LogP contribution in [-0.2, 0) is 16.1 Å². The van der Waals surface area contributed by atoms with Gasteiger partial charge in [0, 0.05) is 36.8 Å². The van der Waals surface area contributed by atoms with Gasteiger partial charge >= 0.3 is 0 Å². The molecule has 1 heterocycles. The molecule has 3 rings (SSSR count). The van der Waals surface area contributed by atoms with E-state index in [4.69, 9.17) is 0 Å². The summed E-state index contributed by atoms with van der Waals surface area (Å²) in [6.07, 6.45) is 3.63. The van der Waals surface area contributed by atoms with Crippen molar-refractivity contribution in [3.8, 4) is 0 Å². The van der Waals surface area contributed by atoms with Gasteiger partial charge in [-0.15, -0.1) is 0 Å². The fourth-order valence-electron chi connectivity index (χ4n) is 2.85. The molecule has 0 spiro atoms. The molecule has 0 radical (unpaired) electrons. The van der Waals surface area contributed by atoms with Gasteiger partial charge in [-0.25, -0.2) is 8.78 Å². The van der Waals surface area contributed by atoms with Crippen molar-refractivity contribution in [2.45, 2.75) is 19.4 Å². The number of halogens is 2. The molecule has 0 bridgehead atoms. The molecule has 1 N–H and O–H groups in total. The molecule has 0 atom stereocenters. The monoisotopic (exact) mass is 356 g/mol. The van der Waals surface area contributed by atoms with Crippen LogP contribution in [0, 0.1) is 11.6 Å². The maximum atomic E-state index is 13.6. The van der Waals surface area contributed by atoms with Crippen molar-refractivity contribution in [1.82, 2.24) is 4.90 Å². The normalized spacial score (nSPS) is 14.2. The maximum Gasteiger partial charge on any atom is 0.248 e.